The summed E-state index contributed by atoms with van der Waals surface area (Å²) in [4.78, 5) is 33.5. The number of aromatic nitrogens is 4. The number of nitrogen functional groups attached to an aromatic ring is 1. The fourth-order valence-corrected chi connectivity index (χ4v) is 3.30. The van der Waals surface area contributed by atoms with Gasteiger partial charge >= 0.3 is 6.03 Å². The van der Waals surface area contributed by atoms with E-state index in [0.717, 1.165) is 5.69 Å². The van der Waals surface area contributed by atoms with Gasteiger partial charge in [0.2, 0.25) is 0 Å². The van der Waals surface area contributed by atoms with Crippen LogP contribution in [-0.4, -0.2) is 31.4 Å². The van der Waals surface area contributed by atoms with E-state index in [-0.39, 0.29) is 17.5 Å². The van der Waals surface area contributed by atoms with E-state index in [1.165, 1.54) is 6.33 Å². The van der Waals surface area contributed by atoms with Crippen LogP contribution in [0, 0.1) is 0 Å². The summed E-state index contributed by atoms with van der Waals surface area (Å²) >= 11 is 0. The van der Waals surface area contributed by atoms with Crippen molar-refractivity contribution < 1.29 is 9.59 Å². The number of pyridine rings is 1. The van der Waals surface area contributed by atoms with Crippen molar-refractivity contribution in [1.29, 1.82) is 0 Å². The molecule has 0 bridgehead atoms. The Hall–Kier alpha value is -4.27. The first-order valence-corrected chi connectivity index (χ1v) is 9.69. The number of hydrogen-bond donors (Lipinski definition) is 3. The van der Waals surface area contributed by atoms with Gasteiger partial charge in [-0.1, -0.05) is 26.0 Å². The van der Waals surface area contributed by atoms with E-state index < -0.39 is 6.03 Å². The monoisotopic (exact) mass is 415 g/mol. The van der Waals surface area contributed by atoms with Crippen LogP contribution in [0.4, 0.5) is 22.0 Å². The van der Waals surface area contributed by atoms with E-state index in [1.807, 2.05) is 13.8 Å². The topological polar surface area (TPSA) is 127 Å². The minimum absolute atomic E-state index is 0.133. The number of urea groups is 1. The Morgan fingerprint density at radius 3 is 2.52 bits per heavy atom. The lowest BCUT2D eigenvalue weighted by molar-refractivity contribution is 0.104. The van der Waals surface area contributed by atoms with Crippen LogP contribution in [0.3, 0.4) is 0 Å². The van der Waals surface area contributed by atoms with Gasteiger partial charge in [0.15, 0.2) is 11.6 Å². The molecule has 9 nitrogen and oxygen atoms in total. The third-order valence-electron chi connectivity index (χ3n) is 4.77. The number of ketones is 1. The van der Waals surface area contributed by atoms with Crippen molar-refractivity contribution in [2.45, 2.75) is 19.8 Å². The quantitative estimate of drug-likeness (QED) is 0.427. The van der Waals surface area contributed by atoms with Crippen molar-refractivity contribution >= 4 is 34.5 Å². The van der Waals surface area contributed by atoms with Gasteiger partial charge in [-0.3, -0.25) is 9.78 Å². The van der Waals surface area contributed by atoms with Crippen LogP contribution in [-0.2, 0) is 0 Å². The number of fused-ring (bicyclic) bond motifs is 1. The van der Waals surface area contributed by atoms with Crippen LogP contribution >= 0.6 is 0 Å². The average molecular weight is 415 g/mol. The number of carbonyl (C=O) groups is 2. The summed E-state index contributed by atoms with van der Waals surface area (Å²) in [6, 6.07) is 11.4. The van der Waals surface area contributed by atoms with Crippen LogP contribution in [0.1, 0.15) is 41.4 Å². The summed E-state index contributed by atoms with van der Waals surface area (Å²) in [5.41, 5.74) is 9.31. The van der Waals surface area contributed by atoms with Crippen LogP contribution < -0.4 is 16.4 Å². The maximum Gasteiger partial charge on any atom is 0.323 e. The molecule has 0 atom stereocenters. The molecular formula is C22H21N7O2. The molecule has 0 saturated carbocycles. The first-order valence-electron chi connectivity index (χ1n) is 9.69. The number of benzene rings is 1. The van der Waals surface area contributed by atoms with Crippen molar-refractivity contribution in [2.75, 3.05) is 16.4 Å². The number of nitrogens with zero attached hydrogens (tertiary/aromatic N) is 4. The number of anilines is 3. The number of nitrogens with two attached hydrogens (primary N) is 1. The van der Waals surface area contributed by atoms with E-state index >= 15 is 0 Å². The smallest absolute Gasteiger partial charge is 0.323 e. The van der Waals surface area contributed by atoms with E-state index in [0.29, 0.717) is 28.0 Å². The predicted molar refractivity (Wildman–Crippen MR) is 118 cm³/mol. The fourth-order valence-electron chi connectivity index (χ4n) is 3.30. The second kappa shape index (κ2) is 8.23. The number of hydrogen-bond acceptors (Lipinski definition) is 6. The van der Waals surface area contributed by atoms with Gasteiger partial charge in [-0.2, -0.15) is 5.10 Å². The Morgan fingerprint density at radius 1 is 1.03 bits per heavy atom. The summed E-state index contributed by atoms with van der Waals surface area (Å²) in [5, 5.41) is 9.70. The van der Waals surface area contributed by atoms with Crippen molar-refractivity contribution in [3.63, 3.8) is 0 Å². The van der Waals surface area contributed by atoms with Gasteiger partial charge in [0.25, 0.3) is 0 Å². The lowest BCUT2D eigenvalue weighted by Crippen LogP contribution is -2.19. The van der Waals surface area contributed by atoms with Crippen LogP contribution in [0.25, 0.3) is 5.52 Å². The highest BCUT2D eigenvalue weighted by atomic mass is 16.2. The molecule has 9 heteroatoms. The summed E-state index contributed by atoms with van der Waals surface area (Å²) in [7, 11) is 0. The predicted octanol–water partition coefficient (Wildman–Crippen LogP) is 3.70. The highest BCUT2D eigenvalue weighted by Gasteiger charge is 2.22. The molecule has 0 aliphatic carbocycles. The Labute approximate surface area is 178 Å². The van der Waals surface area contributed by atoms with Gasteiger partial charge in [0.05, 0.1) is 5.56 Å². The molecule has 2 amide bonds. The number of nitrogens with one attached hydrogen (secondary N) is 2. The fraction of sp³-hybridized carbons (Fsp3) is 0.136. The molecule has 0 unspecified atom stereocenters. The average Bonchev–Trinajstić information content (AvgIpc) is 3.15. The molecule has 3 heterocycles. The third kappa shape index (κ3) is 4.06. The molecular weight excluding hydrogens is 394 g/mol. The maximum atomic E-state index is 13.3. The van der Waals surface area contributed by atoms with E-state index in [2.05, 4.69) is 25.7 Å². The second-order valence-corrected chi connectivity index (χ2v) is 7.27. The van der Waals surface area contributed by atoms with E-state index in [1.54, 1.807) is 59.4 Å². The number of carbonyl (C=O) groups excluding carboxylic acids is 2. The molecule has 0 spiro atoms. The summed E-state index contributed by atoms with van der Waals surface area (Å²) < 4.78 is 1.66. The lowest BCUT2D eigenvalue weighted by Gasteiger charge is -2.09. The SMILES string of the molecule is CC(C)c1cc(C(=O)c2cccc(NC(=O)Nc3ccncc3)c2)c2c(N)ncnn12. The highest BCUT2D eigenvalue weighted by Crippen LogP contribution is 2.27. The molecule has 3 aromatic heterocycles. The van der Waals surface area contributed by atoms with Gasteiger partial charge in [-0.25, -0.2) is 14.3 Å². The zero-order valence-electron chi connectivity index (χ0n) is 17.0. The van der Waals surface area contributed by atoms with Crippen molar-refractivity contribution in [3.8, 4) is 0 Å². The minimum Gasteiger partial charge on any atom is -0.382 e. The lowest BCUT2D eigenvalue weighted by atomic mass is 10.0. The first kappa shape index (κ1) is 20.0. The van der Waals surface area contributed by atoms with E-state index in [9.17, 15) is 9.59 Å². The van der Waals surface area contributed by atoms with E-state index in [4.69, 9.17) is 5.73 Å². The summed E-state index contributed by atoms with van der Waals surface area (Å²) in [6.45, 7) is 4.03. The molecule has 0 fully saturated rings. The summed E-state index contributed by atoms with van der Waals surface area (Å²) in [5.74, 6) is 0.133. The molecule has 1 aromatic carbocycles. The Morgan fingerprint density at radius 2 is 1.77 bits per heavy atom. The normalized spacial score (nSPS) is 10.9. The Balaban J connectivity index is 1.63. The molecule has 0 aliphatic heterocycles. The maximum absolute atomic E-state index is 13.3. The standard InChI is InChI=1S/C22H21N7O2/c1-13(2)18-11-17(19-21(23)25-12-26-29(18)19)20(30)14-4-3-5-16(10-14)28-22(31)27-15-6-8-24-9-7-15/h3-13H,1-2H3,(H2,23,25,26)(H2,24,27,28,31). The zero-order valence-corrected chi connectivity index (χ0v) is 17.0. The minimum atomic E-state index is -0.426. The summed E-state index contributed by atoms with van der Waals surface area (Å²) in [6.07, 6.45) is 4.53. The zero-order chi connectivity index (χ0) is 22.0. The second-order valence-electron chi connectivity index (χ2n) is 7.27. The van der Waals surface area contributed by atoms with Gasteiger partial charge in [-0.05, 0) is 36.2 Å². The molecule has 31 heavy (non-hydrogen) atoms. The molecule has 0 saturated heterocycles. The molecule has 0 aliphatic rings. The largest absolute Gasteiger partial charge is 0.382 e. The number of rotatable bonds is 5. The van der Waals surface area contributed by atoms with Crippen LogP contribution in [0.15, 0.2) is 61.2 Å². The molecule has 156 valence electrons. The molecule has 4 aromatic rings. The highest BCUT2D eigenvalue weighted by molar-refractivity contribution is 6.15. The number of amides is 2. The first-order chi connectivity index (χ1) is 14.9. The van der Waals surface area contributed by atoms with Gasteiger partial charge in [0.1, 0.15) is 11.8 Å². The molecule has 4 rings (SSSR count). The van der Waals surface area contributed by atoms with Crippen LogP contribution in [0.2, 0.25) is 0 Å². The van der Waals surface area contributed by atoms with Crippen molar-refractivity contribution in [1.82, 2.24) is 19.6 Å². The van der Waals surface area contributed by atoms with Crippen molar-refractivity contribution in [3.05, 3.63) is 78.0 Å². The van der Waals surface area contributed by atoms with Crippen molar-refractivity contribution in [2.24, 2.45) is 0 Å². The Kier molecular flexibility index (Phi) is 5.31. The van der Waals surface area contributed by atoms with Crippen LogP contribution in [0.5, 0.6) is 0 Å². The molecule has 4 N–H and O–H groups in total. The molecule has 0 radical (unpaired) electrons. The van der Waals surface area contributed by atoms with Gasteiger partial charge < -0.3 is 16.4 Å². The third-order valence-corrected chi connectivity index (χ3v) is 4.77. The Bertz CT molecular complexity index is 1270. The van der Waals surface area contributed by atoms with Gasteiger partial charge in [0, 0.05) is 35.0 Å². The van der Waals surface area contributed by atoms with Gasteiger partial charge in [-0.15, -0.1) is 0 Å².